The van der Waals surface area contributed by atoms with E-state index < -0.39 is 10.5 Å². The van der Waals surface area contributed by atoms with Crippen molar-refractivity contribution >= 4 is 44.5 Å². The predicted octanol–water partition coefficient (Wildman–Crippen LogP) is 4.21. The van der Waals surface area contributed by atoms with Crippen LogP contribution in [-0.2, 0) is 0 Å². The molecule has 0 atom stereocenters. The fourth-order valence-corrected chi connectivity index (χ4v) is 2.45. The van der Waals surface area contributed by atoms with Crippen molar-refractivity contribution < 1.29 is 9.34 Å². The Balaban J connectivity index is 2.06. The SMILES string of the molecule is O=c1oc2ccc(Br)cc2cc1N=Cc1ccccc1[N+](=O)[O-]. The summed E-state index contributed by atoms with van der Waals surface area (Å²) in [6.45, 7) is 0. The molecule has 0 N–H and O–H groups in total. The summed E-state index contributed by atoms with van der Waals surface area (Å²) in [5.74, 6) is 0. The zero-order valence-electron chi connectivity index (χ0n) is 11.6. The van der Waals surface area contributed by atoms with Crippen molar-refractivity contribution in [1.82, 2.24) is 0 Å². The fraction of sp³-hybridized carbons (Fsp3) is 0. The van der Waals surface area contributed by atoms with Gasteiger partial charge in [0, 0.05) is 22.1 Å². The van der Waals surface area contributed by atoms with Crippen LogP contribution in [0.4, 0.5) is 11.4 Å². The Labute approximate surface area is 138 Å². The molecule has 23 heavy (non-hydrogen) atoms. The van der Waals surface area contributed by atoms with Crippen LogP contribution in [0.5, 0.6) is 0 Å². The van der Waals surface area contributed by atoms with Crippen LogP contribution in [0.2, 0.25) is 0 Å². The second-order valence-corrected chi connectivity index (χ2v) is 5.59. The average molecular weight is 373 g/mol. The van der Waals surface area contributed by atoms with E-state index >= 15 is 0 Å². The molecular formula is C16H9BrN2O4. The molecule has 0 saturated carbocycles. The van der Waals surface area contributed by atoms with E-state index in [9.17, 15) is 14.9 Å². The van der Waals surface area contributed by atoms with Gasteiger partial charge in [-0.2, -0.15) is 0 Å². The Hall–Kier alpha value is -2.80. The highest BCUT2D eigenvalue weighted by molar-refractivity contribution is 9.10. The highest BCUT2D eigenvalue weighted by Gasteiger charge is 2.10. The number of rotatable bonds is 3. The lowest BCUT2D eigenvalue weighted by atomic mass is 10.2. The number of hydrogen-bond donors (Lipinski definition) is 0. The molecule has 1 aromatic heterocycles. The maximum absolute atomic E-state index is 11.9. The summed E-state index contributed by atoms with van der Waals surface area (Å²) in [5.41, 5.74) is 0.154. The van der Waals surface area contributed by atoms with Crippen LogP contribution in [0.15, 0.2) is 67.2 Å². The van der Waals surface area contributed by atoms with Crippen molar-refractivity contribution in [1.29, 1.82) is 0 Å². The van der Waals surface area contributed by atoms with E-state index in [0.717, 1.165) is 4.47 Å². The zero-order chi connectivity index (χ0) is 16.4. The Morgan fingerprint density at radius 3 is 2.74 bits per heavy atom. The third-order valence-corrected chi connectivity index (χ3v) is 3.65. The Morgan fingerprint density at radius 1 is 1.17 bits per heavy atom. The third-order valence-electron chi connectivity index (χ3n) is 3.15. The number of nitro benzene ring substituents is 1. The summed E-state index contributed by atoms with van der Waals surface area (Å²) in [4.78, 5) is 26.5. The predicted molar refractivity (Wildman–Crippen MR) is 90.5 cm³/mol. The van der Waals surface area contributed by atoms with E-state index in [1.54, 1.807) is 42.5 Å². The fourth-order valence-electron chi connectivity index (χ4n) is 2.08. The molecule has 0 radical (unpaired) electrons. The summed E-state index contributed by atoms with van der Waals surface area (Å²) >= 11 is 3.34. The second-order valence-electron chi connectivity index (χ2n) is 4.68. The van der Waals surface area contributed by atoms with Gasteiger partial charge in [0.05, 0.1) is 10.5 Å². The largest absolute Gasteiger partial charge is 0.421 e. The minimum atomic E-state index is -0.602. The number of nitro groups is 1. The standard InChI is InChI=1S/C16H9BrN2O4/c17-12-5-6-15-11(7-12)8-13(16(20)23-15)18-9-10-3-1-2-4-14(10)19(21)22/h1-9H. The molecule has 0 amide bonds. The maximum Gasteiger partial charge on any atom is 0.362 e. The van der Waals surface area contributed by atoms with Crippen LogP contribution in [0.3, 0.4) is 0 Å². The molecule has 3 aromatic rings. The summed E-state index contributed by atoms with van der Waals surface area (Å²) in [6, 6.07) is 13.0. The van der Waals surface area contributed by atoms with Gasteiger partial charge in [-0.15, -0.1) is 0 Å². The van der Waals surface area contributed by atoms with Crippen LogP contribution >= 0.6 is 15.9 Å². The normalized spacial score (nSPS) is 11.2. The average Bonchev–Trinajstić information content (AvgIpc) is 2.53. The lowest BCUT2D eigenvalue weighted by Gasteiger charge is -1.99. The summed E-state index contributed by atoms with van der Waals surface area (Å²) in [5, 5.41) is 11.7. The van der Waals surface area contributed by atoms with E-state index in [1.165, 1.54) is 12.3 Å². The number of nitrogens with zero attached hydrogens (tertiary/aromatic N) is 2. The lowest BCUT2D eigenvalue weighted by molar-refractivity contribution is -0.385. The van der Waals surface area contributed by atoms with Crippen LogP contribution in [-0.4, -0.2) is 11.1 Å². The van der Waals surface area contributed by atoms with Gasteiger partial charge >= 0.3 is 5.63 Å². The van der Waals surface area contributed by atoms with Crippen molar-refractivity contribution in [2.24, 2.45) is 4.99 Å². The van der Waals surface area contributed by atoms with E-state index in [1.807, 2.05) is 0 Å². The molecule has 0 spiro atoms. The molecule has 7 heteroatoms. The summed E-state index contributed by atoms with van der Waals surface area (Å²) < 4.78 is 6.03. The van der Waals surface area contributed by atoms with Crippen LogP contribution in [0, 0.1) is 10.1 Å². The molecule has 0 aliphatic carbocycles. The summed E-state index contributed by atoms with van der Waals surface area (Å²) in [7, 11) is 0. The lowest BCUT2D eigenvalue weighted by Crippen LogP contribution is -1.99. The van der Waals surface area contributed by atoms with Gasteiger partial charge < -0.3 is 4.42 Å². The van der Waals surface area contributed by atoms with Crippen molar-refractivity contribution in [2.75, 3.05) is 0 Å². The maximum atomic E-state index is 11.9. The van der Waals surface area contributed by atoms with Gasteiger partial charge in [-0.25, -0.2) is 9.79 Å². The Bertz CT molecular complexity index is 995. The molecule has 0 aliphatic rings. The molecule has 0 saturated heterocycles. The molecule has 6 nitrogen and oxygen atoms in total. The topological polar surface area (TPSA) is 85.7 Å². The first-order valence-electron chi connectivity index (χ1n) is 6.55. The molecule has 0 aliphatic heterocycles. The monoisotopic (exact) mass is 372 g/mol. The first-order chi connectivity index (χ1) is 11.0. The highest BCUT2D eigenvalue weighted by Crippen LogP contribution is 2.22. The number of benzene rings is 2. The van der Waals surface area contributed by atoms with Gasteiger partial charge in [0.2, 0.25) is 0 Å². The first-order valence-corrected chi connectivity index (χ1v) is 7.35. The van der Waals surface area contributed by atoms with E-state index in [-0.39, 0.29) is 11.4 Å². The van der Waals surface area contributed by atoms with Gasteiger partial charge in [0.15, 0.2) is 0 Å². The van der Waals surface area contributed by atoms with Gasteiger partial charge in [0.1, 0.15) is 11.3 Å². The van der Waals surface area contributed by atoms with Crippen LogP contribution in [0.25, 0.3) is 11.0 Å². The molecule has 3 rings (SSSR count). The quantitative estimate of drug-likeness (QED) is 0.298. The highest BCUT2D eigenvalue weighted by atomic mass is 79.9. The van der Waals surface area contributed by atoms with Gasteiger partial charge in [0.25, 0.3) is 5.69 Å². The van der Waals surface area contributed by atoms with Crippen LogP contribution in [0.1, 0.15) is 5.56 Å². The molecule has 1 heterocycles. The van der Waals surface area contributed by atoms with E-state index in [2.05, 4.69) is 20.9 Å². The molecule has 114 valence electrons. The number of aliphatic imine (C=N–C) groups is 1. The number of hydrogen-bond acceptors (Lipinski definition) is 5. The van der Waals surface area contributed by atoms with Gasteiger partial charge in [-0.1, -0.05) is 28.1 Å². The van der Waals surface area contributed by atoms with Crippen LogP contribution < -0.4 is 5.63 Å². The minimum Gasteiger partial charge on any atom is -0.421 e. The number of halogens is 1. The molecule has 0 bridgehead atoms. The van der Waals surface area contributed by atoms with Gasteiger partial charge in [-0.3, -0.25) is 10.1 Å². The minimum absolute atomic E-state index is 0.0775. The van der Waals surface area contributed by atoms with Crippen molar-refractivity contribution in [2.45, 2.75) is 0 Å². The van der Waals surface area contributed by atoms with Crippen molar-refractivity contribution in [3.05, 3.63) is 79.1 Å². The smallest absolute Gasteiger partial charge is 0.362 e. The Morgan fingerprint density at radius 2 is 1.96 bits per heavy atom. The van der Waals surface area contributed by atoms with Gasteiger partial charge in [-0.05, 0) is 30.3 Å². The molecule has 2 aromatic carbocycles. The second kappa shape index (κ2) is 6.13. The molecule has 0 unspecified atom stereocenters. The van der Waals surface area contributed by atoms with Crippen molar-refractivity contribution in [3.8, 4) is 0 Å². The summed E-state index contributed by atoms with van der Waals surface area (Å²) in [6.07, 6.45) is 1.29. The number of fused-ring (bicyclic) bond motifs is 1. The number of para-hydroxylation sites is 1. The first kappa shape index (κ1) is 15.1. The Kier molecular flexibility index (Phi) is 4.03. The third kappa shape index (κ3) is 3.19. The van der Waals surface area contributed by atoms with Crippen molar-refractivity contribution in [3.63, 3.8) is 0 Å². The van der Waals surface area contributed by atoms with E-state index in [4.69, 9.17) is 4.42 Å². The molecular weight excluding hydrogens is 364 g/mol. The zero-order valence-corrected chi connectivity index (χ0v) is 13.2. The molecule has 0 fully saturated rings. The van der Waals surface area contributed by atoms with E-state index in [0.29, 0.717) is 16.5 Å².